The molecule has 1 aromatic carbocycles. The maximum absolute atomic E-state index is 11.9. The molecule has 0 radical (unpaired) electrons. The summed E-state index contributed by atoms with van der Waals surface area (Å²) >= 11 is 5.90. The third-order valence-electron chi connectivity index (χ3n) is 3.12. The van der Waals surface area contributed by atoms with E-state index in [4.69, 9.17) is 11.6 Å². The van der Waals surface area contributed by atoms with Crippen molar-refractivity contribution in [1.82, 2.24) is 16.0 Å². The van der Waals surface area contributed by atoms with Crippen molar-refractivity contribution in [3.05, 3.63) is 34.9 Å². The lowest BCUT2D eigenvalue weighted by atomic mass is 9.96. The number of halogens is 1. The van der Waals surface area contributed by atoms with Crippen LogP contribution < -0.4 is 16.0 Å². The van der Waals surface area contributed by atoms with Crippen LogP contribution in [0.1, 0.15) is 46.2 Å². The molecule has 0 saturated heterocycles. The van der Waals surface area contributed by atoms with Crippen molar-refractivity contribution in [3.8, 4) is 0 Å². The van der Waals surface area contributed by atoms with E-state index in [0.717, 1.165) is 5.56 Å². The van der Waals surface area contributed by atoms with Gasteiger partial charge in [0.2, 0.25) is 5.91 Å². The second-order valence-corrected chi connectivity index (χ2v) is 7.34. The molecule has 6 heteroatoms. The molecular weight excluding hydrogens is 314 g/mol. The normalized spacial score (nSPS) is 12.8. The van der Waals surface area contributed by atoms with Crippen molar-refractivity contribution in [2.45, 2.75) is 46.2 Å². The number of benzene rings is 1. The van der Waals surface area contributed by atoms with E-state index in [2.05, 4.69) is 29.8 Å². The minimum atomic E-state index is -0.489. The third-order valence-corrected chi connectivity index (χ3v) is 3.37. The van der Waals surface area contributed by atoms with E-state index in [9.17, 15) is 9.59 Å². The zero-order valence-corrected chi connectivity index (χ0v) is 15.1. The van der Waals surface area contributed by atoms with Gasteiger partial charge in [-0.2, -0.15) is 0 Å². The summed E-state index contributed by atoms with van der Waals surface area (Å²) in [6, 6.07) is 7.03. The monoisotopic (exact) mass is 339 g/mol. The highest BCUT2D eigenvalue weighted by Crippen LogP contribution is 2.22. The van der Waals surface area contributed by atoms with Gasteiger partial charge < -0.3 is 10.6 Å². The van der Waals surface area contributed by atoms with Crippen molar-refractivity contribution in [2.24, 2.45) is 5.92 Å². The molecule has 1 rings (SSSR count). The predicted octanol–water partition coefficient (Wildman–Crippen LogP) is 3.25. The van der Waals surface area contributed by atoms with Crippen LogP contribution in [-0.2, 0) is 4.79 Å². The molecule has 3 N–H and O–H groups in total. The molecular formula is C17H26ClN3O2. The smallest absolute Gasteiger partial charge is 0.321 e. The van der Waals surface area contributed by atoms with Gasteiger partial charge in [0.1, 0.15) is 0 Å². The van der Waals surface area contributed by atoms with Crippen molar-refractivity contribution in [2.75, 3.05) is 6.54 Å². The van der Waals surface area contributed by atoms with Crippen LogP contribution in [0.3, 0.4) is 0 Å². The Bertz CT molecular complexity index is 536. The van der Waals surface area contributed by atoms with Gasteiger partial charge in [-0.1, -0.05) is 37.6 Å². The van der Waals surface area contributed by atoms with Crippen LogP contribution in [0.15, 0.2) is 24.3 Å². The molecule has 0 saturated carbocycles. The summed E-state index contributed by atoms with van der Waals surface area (Å²) in [5.74, 6) is -0.0845. The summed E-state index contributed by atoms with van der Waals surface area (Å²) in [6.07, 6.45) is 0. The lowest BCUT2D eigenvalue weighted by molar-refractivity contribution is -0.119. The first-order valence-electron chi connectivity index (χ1n) is 7.69. The van der Waals surface area contributed by atoms with Crippen LogP contribution in [0.4, 0.5) is 4.79 Å². The number of amides is 3. The quantitative estimate of drug-likeness (QED) is 0.771. The molecule has 1 atom stereocenters. The second kappa shape index (κ2) is 8.31. The molecule has 1 unspecified atom stereocenters. The molecule has 0 fully saturated rings. The van der Waals surface area contributed by atoms with E-state index in [1.165, 1.54) is 0 Å². The highest BCUT2D eigenvalue weighted by atomic mass is 35.5. The minimum Gasteiger partial charge on any atom is -0.333 e. The Labute approximate surface area is 143 Å². The van der Waals surface area contributed by atoms with E-state index in [1.54, 1.807) is 0 Å². The molecule has 0 aliphatic carbocycles. The van der Waals surface area contributed by atoms with Crippen molar-refractivity contribution in [3.63, 3.8) is 0 Å². The molecule has 5 nitrogen and oxygen atoms in total. The largest absolute Gasteiger partial charge is 0.333 e. The first kappa shape index (κ1) is 19.5. The van der Waals surface area contributed by atoms with Gasteiger partial charge >= 0.3 is 6.03 Å². The fourth-order valence-electron chi connectivity index (χ4n) is 2.15. The molecule has 1 aromatic rings. The first-order valence-corrected chi connectivity index (χ1v) is 8.07. The summed E-state index contributed by atoms with van der Waals surface area (Å²) in [5, 5.41) is 8.87. The van der Waals surface area contributed by atoms with Crippen LogP contribution >= 0.6 is 11.6 Å². The van der Waals surface area contributed by atoms with Gasteiger partial charge in [-0.3, -0.25) is 10.1 Å². The SMILES string of the molecule is CC(C)C(NCC(=O)NC(=O)NC(C)(C)C)c1ccc(Cl)cc1. The van der Waals surface area contributed by atoms with E-state index in [0.29, 0.717) is 5.02 Å². The highest BCUT2D eigenvalue weighted by molar-refractivity contribution is 6.30. The Balaban J connectivity index is 2.57. The van der Waals surface area contributed by atoms with Gasteiger partial charge in [0.15, 0.2) is 0 Å². The van der Waals surface area contributed by atoms with Crippen LogP contribution in [-0.4, -0.2) is 24.0 Å². The van der Waals surface area contributed by atoms with Crippen molar-refractivity contribution in [1.29, 1.82) is 0 Å². The fraction of sp³-hybridized carbons (Fsp3) is 0.529. The lowest BCUT2D eigenvalue weighted by Gasteiger charge is -2.23. The van der Waals surface area contributed by atoms with Crippen molar-refractivity contribution < 1.29 is 9.59 Å². The molecule has 23 heavy (non-hydrogen) atoms. The zero-order chi connectivity index (χ0) is 17.6. The molecule has 128 valence electrons. The standard InChI is InChI=1S/C17H26ClN3O2/c1-11(2)15(12-6-8-13(18)9-7-12)19-10-14(22)20-16(23)21-17(3,4)5/h6-9,11,15,19H,10H2,1-5H3,(H2,20,21,22,23). The van der Waals surface area contributed by atoms with Crippen LogP contribution in [0.25, 0.3) is 0 Å². The Morgan fingerprint density at radius 3 is 2.17 bits per heavy atom. The Morgan fingerprint density at radius 1 is 1.13 bits per heavy atom. The number of urea groups is 1. The second-order valence-electron chi connectivity index (χ2n) is 6.91. The Kier molecular flexibility index (Phi) is 7.03. The molecule has 0 aliphatic rings. The lowest BCUT2D eigenvalue weighted by Crippen LogP contribution is -2.50. The molecule has 0 spiro atoms. The third kappa shape index (κ3) is 7.48. The van der Waals surface area contributed by atoms with Gasteiger partial charge in [-0.25, -0.2) is 4.79 Å². The predicted molar refractivity (Wildman–Crippen MR) is 93.5 cm³/mol. The summed E-state index contributed by atoms with van der Waals surface area (Å²) in [5.41, 5.74) is 0.665. The van der Waals surface area contributed by atoms with E-state index in [1.807, 2.05) is 45.0 Å². The molecule has 0 bridgehead atoms. The van der Waals surface area contributed by atoms with Crippen molar-refractivity contribution >= 4 is 23.5 Å². The number of hydrogen-bond acceptors (Lipinski definition) is 3. The number of nitrogens with one attached hydrogen (secondary N) is 3. The van der Waals surface area contributed by atoms with Gasteiger partial charge in [0.25, 0.3) is 0 Å². The van der Waals surface area contributed by atoms with Gasteiger partial charge in [-0.15, -0.1) is 0 Å². The number of carbonyl (C=O) groups excluding carboxylic acids is 2. The number of imide groups is 1. The number of carbonyl (C=O) groups is 2. The van der Waals surface area contributed by atoms with Crippen LogP contribution in [0.2, 0.25) is 5.02 Å². The summed E-state index contributed by atoms with van der Waals surface area (Å²) in [4.78, 5) is 23.6. The maximum atomic E-state index is 11.9. The van der Waals surface area contributed by atoms with E-state index < -0.39 is 6.03 Å². The average Bonchev–Trinajstić information content (AvgIpc) is 2.38. The Hall–Kier alpha value is -1.59. The first-order chi connectivity index (χ1) is 10.6. The Morgan fingerprint density at radius 2 is 1.70 bits per heavy atom. The summed E-state index contributed by atoms with van der Waals surface area (Å²) in [6.45, 7) is 9.75. The number of hydrogen-bond donors (Lipinski definition) is 3. The van der Waals surface area contributed by atoms with Gasteiger partial charge in [0, 0.05) is 16.6 Å². The average molecular weight is 340 g/mol. The zero-order valence-electron chi connectivity index (χ0n) is 14.4. The number of rotatable bonds is 5. The maximum Gasteiger partial charge on any atom is 0.321 e. The summed E-state index contributed by atoms with van der Waals surface area (Å²) < 4.78 is 0. The minimum absolute atomic E-state index is 0.00342. The van der Waals surface area contributed by atoms with E-state index in [-0.39, 0.29) is 30.0 Å². The van der Waals surface area contributed by atoms with Gasteiger partial charge in [-0.05, 0) is 44.4 Å². The highest BCUT2D eigenvalue weighted by Gasteiger charge is 2.19. The van der Waals surface area contributed by atoms with E-state index >= 15 is 0 Å². The van der Waals surface area contributed by atoms with Crippen LogP contribution in [0.5, 0.6) is 0 Å². The fourth-order valence-corrected chi connectivity index (χ4v) is 2.28. The molecule has 0 aromatic heterocycles. The molecule has 0 heterocycles. The van der Waals surface area contributed by atoms with Gasteiger partial charge in [0.05, 0.1) is 6.54 Å². The van der Waals surface area contributed by atoms with Crippen LogP contribution in [0, 0.1) is 5.92 Å². The topological polar surface area (TPSA) is 70.2 Å². The summed E-state index contributed by atoms with van der Waals surface area (Å²) in [7, 11) is 0. The molecule has 0 aliphatic heterocycles. The molecule has 3 amide bonds.